The molecule has 21 heavy (non-hydrogen) atoms. The van der Waals surface area contributed by atoms with Gasteiger partial charge < -0.3 is 25.4 Å². The molecule has 0 aromatic carbocycles. The summed E-state index contributed by atoms with van der Waals surface area (Å²) >= 11 is 0. The second-order valence-electron chi connectivity index (χ2n) is 4.54. The molecule has 0 unspecified atom stereocenters. The molecule has 0 aliphatic carbocycles. The first-order chi connectivity index (χ1) is 10.2. The third-order valence-corrected chi connectivity index (χ3v) is 3.12. The van der Waals surface area contributed by atoms with Crippen molar-refractivity contribution in [3.63, 3.8) is 0 Å². The second kappa shape index (κ2) is 7.63. The van der Waals surface area contributed by atoms with E-state index in [2.05, 4.69) is 15.3 Å². The number of hydrogen-bond acceptors (Lipinski definition) is 7. The molecule has 0 saturated carbocycles. The van der Waals surface area contributed by atoms with Gasteiger partial charge in [-0.05, 0) is 6.92 Å². The highest BCUT2D eigenvalue weighted by Crippen LogP contribution is 2.24. The lowest BCUT2D eigenvalue weighted by atomic mass is 10.3. The van der Waals surface area contributed by atoms with Gasteiger partial charge in [0.05, 0.1) is 19.8 Å². The Morgan fingerprint density at radius 2 is 2.24 bits per heavy atom. The highest BCUT2D eigenvalue weighted by Gasteiger charge is 2.16. The standard InChI is InChI=1S/C13H21N5O3/c1-2-21-13-11(14)12(16-9-17-13)15-4-3-10(19)18-5-7-20-8-6-18/h9H,2-8,14H2,1H3,(H,15,16,17). The molecule has 8 nitrogen and oxygen atoms in total. The van der Waals surface area contributed by atoms with Crippen molar-refractivity contribution in [1.29, 1.82) is 0 Å². The summed E-state index contributed by atoms with van der Waals surface area (Å²) in [4.78, 5) is 21.8. The average molecular weight is 295 g/mol. The minimum atomic E-state index is 0.100. The van der Waals surface area contributed by atoms with E-state index < -0.39 is 0 Å². The van der Waals surface area contributed by atoms with E-state index in [1.807, 2.05) is 6.92 Å². The van der Waals surface area contributed by atoms with Crippen LogP contribution in [0.15, 0.2) is 6.33 Å². The van der Waals surface area contributed by atoms with Crippen LogP contribution in [0.1, 0.15) is 13.3 Å². The number of amides is 1. The molecule has 3 N–H and O–H groups in total. The zero-order valence-electron chi connectivity index (χ0n) is 12.2. The Hall–Kier alpha value is -2.09. The molecule has 1 aromatic heterocycles. The Balaban J connectivity index is 1.82. The number of carbonyl (C=O) groups excluding carboxylic acids is 1. The molecule has 1 aliphatic rings. The zero-order valence-corrected chi connectivity index (χ0v) is 12.2. The maximum Gasteiger partial charge on any atom is 0.242 e. The van der Waals surface area contributed by atoms with Crippen LogP contribution in [-0.4, -0.2) is 60.2 Å². The van der Waals surface area contributed by atoms with Crippen molar-refractivity contribution in [3.8, 4) is 5.88 Å². The van der Waals surface area contributed by atoms with Crippen molar-refractivity contribution in [2.75, 3.05) is 50.5 Å². The summed E-state index contributed by atoms with van der Waals surface area (Å²) in [6.45, 7) is 5.33. The van der Waals surface area contributed by atoms with Crippen LogP contribution in [0, 0.1) is 0 Å². The number of nitrogen functional groups attached to an aromatic ring is 1. The van der Waals surface area contributed by atoms with Gasteiger partial charge in [0.15, 0.2) is 5.82 Å². The third-order valence-electron chi connectivity index (χ3n) is 3.12. The summed E-state index contributed by atoms with van der Waals surface area (Å²) < 4.78 is 10.5. The number of aromatic nitrogens is 2. The molecule has 0 spiro atoms. The maximum absolute atomic E-state index is 12.0. The first-order valence-electron chi connectivity index (χ1n) is 7.05. The first kappa shape index (κ1) is 15.3. The Bertz CT molecular complexity index is 477. The topological polar surface area (TPSA) is 103 Å². The predicted molar refractivity (Wildman–Crippen MR) is 78.1 cm³/mol. The van der Waals surface area contributed by atoms with E-state index in [0.717, 1.165) is 0 Å². The van der Waals surface area contributed by atoms with Gasteiger partial charge in [0, 0.05) is 26.1 Å². The Labute approximate surface area is 123 Å². The minimum Gasteiger partial charge on any atom is -0.476 e. The number of hydrogen-bond donors (Lipinski definition) is 2. The van der Waals surface area contributed by atoms with Crippen LogP contribution >= 0.6 is 0 Å². The molecular formula is C13H21N5O3. The zero-order chi connectivity index (χ0) is 15.1. The SMILES string of the molecule is CCOc1ncnc(NCCC(=O)N2CCOCC2)c1N. The van der Waals surface area contributed by atoms with Gasteiger partial charge in [-0.3, -0.25) is 4.79 Å². The number of nitrogens with two attached hydrogens (primary N) is 1. The fourth-order valence-electron chi connectivity index (χ4n) is 2.03. The molecule has 0 bridgehead atoms. The lowest BCUT2D eigenvalue weighted by Gasteiger charge is -2.26. The van der Waals surface area contributed by atoms with Gasteiger partial charge in [-0.1, -0.05) is 0 Å². The Morgan fingerprint density at radius 1 is 1.48 bits per heavy atom. The number of anilines is 2. The van der Waals surface area contributed by atoms with Crippen molar-refractivity contribution < 1.29 is 14.3 Å². The largest absolute Gasteiger partial charge is 0.476 e. The molecule has 1 aliphatic heterocycles. The molecule has 1 saturated heterocycles. The molecule has 1 amide bonds. The monoisotopic (exact) mass is 295 g/mol. The summed E-state index contributed by atoms with van der Waals surface area (Å²) in [5.74, 6) is 0.946. The van der Waals surface area contributed by atoms with E-state index in [4.69, 9.17) is 15.2 Å². The van der Waals surface area contributed by atoms with Crippen molar-refractivity contribution in [1.82, 2.24) is 14.9 Å². The summed E-state index contributed by atoms with van der Waals surface area (Å²) in [5.41, 5.74) is 6.26. The quantitative estimate of drug-likeness (QED) is 0.768. The van der Waals surface area contributed by atoms with E-state index in [-0.39, 0.29) is 5.91 Å². The van der Waals surface area contributed by atoms with E-state index in [1.54, 1.807) is 4.90 Å². The van der Waals surface area contributed by atoms with E-state index in [1.165, 1.54) is 6.33 Å². The van der Waals surface area contributed by atoms with Gasteiger partial charge >= 0.3 is 0 Å². The third kappa shape index (κ3) is 4.19. The van der Waals surface area contributed by atoms with E-state index >= 15 is 0 Å². The van der Waals surface area contributed by atoms with Crippen molar-refractivity contribution in [2.24, 2.45) is 0 Å². The lowest BCUT2D eigenvalue weighted by Crippen LogP contribution is -2.41. The molecule has 1 aromatic rings. The van der Waals surface area contributed by atoms with Crippen LogP contribution in [0.4, 0.5) is 11.5 Å². The van der Waals surface area contributed by atoms with Gasteiger partial charge in [-0.2, -0.15) is 4.98 Å². The molecular weight excluding hydrogens is 274 g/mol. The molecule has 1 fully saturated rings. The van der Waals surface area contributed by atoms with Gasteiger partial charge in [-0.25, -0.2) is 4.98 Å². The Morgan fingerprint density at radius 3 is 2.95 bits per heavy atom. The van der Waals surface area contributed by atoms with Crippen LogP contribution in [0.5, 0.6) is 5.88 Å². The van der Waals surface area contributed by atoms with Gasteiger partial charge in [-0.15, -0.1) is 0 Å². The summed E-state index contributed by atoms with van der Waals surface area (Å²) in [5, 5.41) is 3.05. The van der Waals surface area contributed by atoms with Gasteiger partial charge in [0.25, 0.3) is 0 Å². The molecule has 2 rings (SSSR count). The first-order valence-corrected chi connectivity index (χ1v) is 7.05. The van der Waals surface area contributed by atoms with E-state index in [0.29, 0.717) is 63.3 Å². The van der Waals surface area contributed by atoms with Crippen LogP contribution in [0.2, 0.25) is 0 Å². The normalized spacial score (nSPS) is 14.8. The number of carbonyl (C=O) groups is 1. The molecule has 0 atom stereocenters. The minimum absolute atomic E-state index is 0.100. The smallest absolute Gasteiger partial charge is 0.242 e. The second-order valence-corrected chi connectivity index (χ2v) is 4.54. The summed E-state index contributed by atoms with van der Waals surface area (Å²) in [7, 11) is 0. The van der Waals surface area contributed by atoms with Crippen molar-refractivity contribution in [2.45, 2.75) is 13.3 Å². The van der Waals surface area contributed by atoms with Crippen LogP contribution in [-0.2, 0) is 9.53 Å². The van der Waals surface area contributed by atoms with Crippen molar-refractivity contribution >= 4 is 17.4 Å². The number of nitrogens with one attached hydrogen (secondary N) is 1. The lowest BCUT2D eigenvalue weighted by molar-refractivity contribution is -0.134. The molecule has 116 valence electrons. The fourth-order valence-corrected chi connectivity index (χ4v) is 2.03. The highest BCUT2D eigenvalue weighted by molar-refractivity contribution is 5.77. The van der Waals surface area contributed by atoms with Gasteiger partial charge in [0.2, 0.25) is 11.8 Å². The highest BCUT2D eigenvalue weighted by atomic mass is 16.5. The van der Waals surface area contributed by atoms with Crippen LogP contribution in [0.3, 0.4) is 0 Å². The van der Waals surface area contributed by atoms with Crippen LogP contribution < -0.4 is 15.8 Å². The maximum atomic E-state index is 12.0. The fraction of sp³-hybridized carbons (Fsp3) is 0.615. The molecule has 2 heterocycles. The summed E-state index contributed by atoms with van der Waals surface area (Å²) in [6, 6.07) is 0. The van der Waals surface area contributed by atoms with Gasteiger partial charge in [0.1, 0.15) is 12.0 Å². The number of morpholine rings is 1. The number of rotatable bonds is 6. The molecule has 0 radical (unpaired) electrons. The van der Waals surface area contributed by atoms with E-state index in [9.17, 15) is 4.79 Å². The van der Waals surface area contributed by atoms with Crippen molar-refractivity contribution in [3.05, 3.63) is 6.33 Å². The predicted octanol–water partition coefficient (Wildman–Crippen LogP) is 0.118. The summed E-state index contributed by atoms with van der Waals surface area (Å²) in [6.07, 6.45) is 1.76. The Kier molecular flexibility index (Phi) is 5.56. The average Bonchev–Trinajstić information content (AvgIpc) is 2.52. The number of ether oxygens (including phenoxy) is 2. The van der Waals surface area contributed by atoms with Crippen LogP contribution in [0.25, 0.3) is 0 Å². The number of nitrogens with zero attached hydrogens (tertiary/aromatic N) is 3. The molecule has 8 heteroatoms.